The summed E-state index contributed by atoms with van der Waals surface area (Å²) in [6.07, 6.45) is 13.1. The lowest BCUT2D eigenvalue weighted by molar-refractivity contribution is -0.219. The molecule has 10 atom stereocenters. The minimum atomic E-state index is -1.30. The zero-order valence-electron chi connectivity index (χ0n) is 28.0. The molecule has 1 aromatic heterocycles. The minimum Gasteiger partial charge on any atom is -0.444 e. The molecule has 11 nitrogen and oxygen atoms in total. The van der Waals surface area contributed by atoms with E-state index in [1.54, 1.807) is 12.5 Å². The van der Waals surface area contributed by atoms with Crippen LogP contribution in [-0.2, 0) is 25.6 Å². The molecule has 4 heterocycles. The van der Waals surface area contributed by atoms with Crippen LogP contribution in [0.15, 0.2) is 30.5 Å². The van der Waals surface area contributed by atoms with Gasteiger partial charge in [-0.3, -0.25) is 14.5 Å². The summed E-state index contributed by atoms with van der Waals surface area (Å²) in [5.74, 6) is -0.0849. The normalized spacial score (nSPS) is 36.9. The first kappa shape index (κ1) is 32.6. The summed E-state index contributed by atoms with van der Waals surface area (Å²) in [7, 11) is 0. The first-order valence-electron chi connectivity index (χ1n) is 17.9. The van der Waals surface area contributed by atoms with Crippen LogP contribution in [0.25, 0.3) is 0 Å². The molecule has 0 bridgehead atoms. The molecular weight excluding hydrogens is 603 g/mol. The van der Waals surface area contributed by atoms with E-state index in [0.29, 0.717) is 50.9 Å². The molecule has 1 aromatic rings. The summed E-state index contributed by atoms with van der Waals surface area (Å²) >= 11 is 0. The van der Waals surface area contributed by atoms with Crippen LogP contribution in [0.1, 0.15) is 78.6 Å². The van der Waals surface area contributed by atoms with Gasteiger partial charge >= 0.3 is 6.09 Å². The minimum absolute atomic E-state index is 0.0554. The third-order valence-corrected chi connectivity index (χ3v) is 11.5. The van der Waals surface area contributed by atoms with Gasteiger partial charge in [-0.2, -0.15) is 0 Å². The summed E-state index contributed by atoms with van der Waals surface area (Å²) in [6.45, 7) is 7.76. The Balaban J connectivity index is 1.11. The number of morpholine rings is 1. The summed E-state index contributed by atoms with van der Waals surface area (Å²) in [4.78, 5) is 48.5. The van der Waals surface area contributed by atoms with Gasteiger partial charge in [0.05, 0.1) is 42.2 Å². The van der Waals surface area contributed by atoms with Crippen LogP contribution in [0, 0.1) is 17.8 Å². The Kier molecular flexibility index (Phi) is 9.10. The van der Waals surface area contributed by atoms with Crippen LogP contribution in [-0.4, -0.2) is 105 Å². The first-order valence-corrected chi connectivity index (χ1v) is 17.9. The van der Waals surface area contributed by atoms with E-state index in [2.05, 4.69) is 25.4 Å². The maximum atomic E-state index is 16.5. The first-order chi connectivity index (χ1) is 22.6. The molecule has 12 heteroatoms. The number of likely N-dealkylation sites (tertiary alicyclic amines) is 1. The second-order valence-corrected chi connectivity index (χ2v) is 15.7. The number of aryl methyl sites for hydroxylation is 1. The number of hydrogen-bond donors (Lipinski definition) is 2. The van der Waals surface area contributed by atoms with Crippen LogP contribution in [0.2, 0.25) is 0 Å². The summed E-state index contributed by atoms with van der Waals surface area (Å²) in [6, 6.07) is -0.949. The number of carbonyl (C=O) groups is 3. The third kappa shape index (κ3) is 6.69. The molecule has 5 fully saturated rings. The molecule has 0 radical (unpaired) electrons. The lowest BCUT2D eigenvalue weighted by Gasteiger charge is -2.61. The van der Waals surface area contributed by atoms with Crippen molar-refractivity contribution in [1.82, 2.24) is 30.0 Å². The number of alkyl carbamates (subject to hydrolysis) is 1. The monoisotopic (exact) mass is 654 g/mol. The molecule has 47 heavy (non-hydrogen) atoms. The van der Waals surface area contributed by atoms with Gasteiger partial charge in [-0.15, -0.1) is 0 Å². The highest BCUT2D eigenvalue weighted by Crippen LogP contribution is 2.51. The number of alkyl halides is 1. The molecule has 0 aromatic carbocycles. The van der Waals surface area contributed by atoms with Gasteiger partial charge in [0.1, 0.15) is 11.8 Å². The quantitative estimate of drug-likeness (QED) is 0.339. The molecule has 3 aliphatic heterocycles. The van der Waals surface area contributed by atoms with Crippen molar-refractivity contribution in [3.05, 3.63) is 30.5 Å². The van der Waals surface area contributed by atoms with Crippen molar-refractivity contribution < 1.29 is 28.2 Å². The molecule has 2 N–H and O–H groups in total. The Labute approximate surface area is 277 Å². The third-order valence-electron chi connectivity index (χ3n) is 11.5. The van der Waals surface area contributed by atoms with Crippen LogP contribution in [0.4, 0.5) is 9.18 Å². The lowest BCUT2D eigenvalue weighted by Crippen LogP contribution is -2.73. The standard InChI is InChI=1S/C35H51FN6O5/c1-35(2,3)47-34(45)39-23-9-13-41(18-23)30-26(36)17-24-29-32(30)46-28-16-22-8-5-4-7-21(22)15-27(28)42(29)19-25(31(24)43)33(44)38-10-6-12-40-14-11-37-20-40/h11,14,19-24,26-30,32H,4-10,12-13,15-18H2,1-3H3,(H,38,44)(H,39,45). The zero-order valence-corrected chi connectivity index (χ0v) is 28.0. The van der Waals surface area contributed by atoms with E-state index in [1.807, 2.05) is 37.7 Å². The number of imidazole rings is 1. The van der Waals surface area contributed by atoms with Crippen molar-refractivity contribution in [2.75, 3.05) is 19.6 Å². The molecule has 6 aliphatic rings. The Hall–Kier alpha value is -2.99. The number of nitrogens with zero attached hydrogens (tertiary/aromatic N) is 4. The van der Waals surface area contributed by atoms with E-state index in [0.717, 1.165) is 12.8 Å². The van der Waals surface area contributed by atoms with Crippen molar-refractivity contribution in [3.63, 3.8) is 0 Å². The van der Waals surface area contributed by atoms with E-state index in [9.17, 15) is 14.4 Å². The van der Waals surface area contributed by atoms with Crippen molar-refractivity contribution in [1.29, 1.82) is 0 Å². The SMILES string of the molecule is CC(C)(C)OC(=O)NC1CCN(C2C(F)CC3C(=O)C(C(=O)NCCCn4ccnc4)=CN4C5CC6CCCCC6CC5OC2C34)C1. The van der Waals surface area contributed by atoms with E-state index in [-0.39, 0.29) is 47.9 Å². The van der Waals surface area contributed by atoms with Gasteiger partial charge in [0.25, 0.3) is 5.91 Å². The van der Waals surface area contributed by atoms with Gasteiger partial charge in [-0.05, 0) is 64.7 Å². The zero-order chi connectivity index (χ0) is 32.9. The highest BCUT2D eigenvalue weighted by atomic mass is 19.1. The number of amides is 2. The number of fused-ring (bicyclic) bond motifs is 3. The average Bonchev–Trinajstić information content (AvgIpc) is 3.71. The number of halogens is 1. The van der Waals surface area contributed by atoms with Crippen molar-refractivity contribution in [2.24, 2.45) is 17.8 Å². The predicted molar refractivity (Wildman–Crippen MR) is 172 cm³/mol. The molecule has 0 spiro atoms. The number of nitrogens with one attached hydrogen (secondary N) is 2. The van der Waals surface area contributed by atoms with E-state index < -0.39 is 35.9 Å². The number of carbonyl (C=O) groups excluding carboxylic acids is 3. The van der Waals surface area contributed by atoms with Gasteiger partial charge in [0.2, 0.25) is 0 Å². The molecule has 10 unspecified atom stereocenters. The van der Waals surface area contributed by atoms with Gasteiger partial charge in [-0.25, -0.2) is 14.2 Å². The topological polar surface area (TPSA) is 118 Å². The predicted octanol–water partition coefficient (Wildman–Crippen LogP) is 3.59. The van der Waals surface area contributed by atoms with Gasteiger partial charge < -0.3 is 29.6 Å². The molecule has 2 amide bonds. The van der Waals surface area contributed by atoms with E-state index in [1.165, 1.54) is 25.7 Å². The lowest BCUT2D eigenvalue weighted by atomic mass is 9.64. The highest BCUT2D eigenvalue weighted by Gasteiger charge is 2.61. The number of hydrogen-bond acceptors (Lipinski definition) is 8. The van der Waals surface area contributed by atoms with Crippen molar-refractivity contribution in [2.45, 2.75) is 133 Å². The fourth-order valence-electron chi connectivity index (χ4n) is 9.49. The summed E-state index contributed by atoms with van der Waals surface area (Å²) in [5.41, 5.74) is -0.456. The molecule has 2 saturated heterocycles. The Morgan fingerprint density at radius 2 is 1.89 bits per heavy atom. The molecular formula is C35H51FN6O5. The highest BCUT2D eigenvalue weighted by molar-refractivity contribution is 6.20. The maximum Gasteiger partial charge on any atom is 0.407 e. The van der Waals surface area contributed by atoms with Gasteiger partial charge in [0.15, 0.2) is 5.78 Å². The number of ether oxygens (including phenoxy) is 2. The second kappa shape index (κ2) is 13.1. The molecule has 3 aliphatic carbocycles. The van der Waals surface area contributed by atoms with Crippen molar-refractivity contribution >= 4 is 17.8 Å². The second-order valence-electron chi connectivity index (χ2n) is 15.7. The Bertz CT molecular complexity index is 1350. The van der Waals surface area contributed by atoms with Gasteiger partial charge in [-0.1, -0.05) is 25.7 Å². The van der Waals surface area contributed by atoms with Crippen molar-refractivity contribution in [3.8, 4) is 0 Å². The van der Waals surface area contributed by atoms with Crippen LogP contribution in [0.3, 0.4) is 0 Å². The van der Waals surface area contributed by atoms with Crippen LogP contribution >= 0.6 is 0 Å². The van der Waals surface area contributed by atoms with Gasteiger partial charge in [0, 0.05) is 56.7 Å². The van der Waals surface area contributed by atoms with Crippen LogP contribution < -0.4 is 10.6 Å². The fraction of sp³-hybridized carbons (Fsp3) is 0.771. The molecule has 7 rings (SSSR count). The van der Waals surface area contributed by atoms with E-state index >= 15 is 4.39 Å². The van der Waals surface area contributed by atoms with Crippen LogP contribution in [0.5, 0.6) is 0 Å². The largest absolute Gasteiger partial charge is 0.444 e. The number of rotatable bonds is 7. The summed E-state index contributed by atoms with van der Waals surface area (Å²) < 4.78 is 30.9. The number of Topliss-reactive ketones (excluding diaryl/α,β-unsaturated/α-hetero) is 1. The maximum absolute atomic E-state index is 16.5. The fourth-order valence-corrected chi connectivity index (χ4v) is 9.49. The van der Waals surface area contributed by atoms with E-state index in [4.69, 9.17) is 9.47 Å². The number of aromatic nitrogens is 2. The number of ketones is 1. The Morgan fingerprint density at radius 1 is 1.11 bits per heavy atom. The Morgan fingerprint density at radius 3 is 2.64 bits per heavy atom. The molecule has 258 valence electrons. The summed E-state index contributed by atoms with van der Waals surface area (Å²) in [5, 5.41) is 5.94. The average molecular weight is 655 g/mol. The molecule has 3 saturated carbocycles. The smallest absolute Gasteiger partial charge is 0.407 e.